The predicted octanol–water partition coefficient (Wildman–Crippen LogP) is 1.71. The highest BCUT2D eigenvalue weighted by molar-refractivity contribution is 6.23. The van der Waals surface area contributed by atoms with Crippen molar-refractivity contribution in [1.29, 1.82) is 0 Å². The van der Waals surface area contributed by atoms with Gasteiger partial charge >= 0.3 is 5.97 Å². The zero-order valence-corrected chi connectivity index (χ0v) is 15.2. The number of hydrogen-bond donors (Lipinski definition) is 1. The van der Waals surface area contributed by atoms with E-state index in [9.17, 15) is 24.3 Å². The molecule has 0 radical (unpaired) electrons. The van der Waals surface area contributed by atoms with E-state index >= 15 is 0 Å². The summed E-state index contributed by atoms with van der Waals surface area (Å²) in [5.74, 6) is -2.74. The Balaban J connectivity index is 1.80. The summed E-state index contributed by atoms with van der Waals surface area (Å²) in [4.78, 5) is 52.9. The molecule has 2 aliphatic heterocycles. The first kappa shape index (κ1) is 17.9. The topological polar surface area (TPSA) is 95.0 Å². The third-order valence-electron chi connectivity index (χ3n) is 5.40. The highest BCUT2D eigenvalue weighted by Gasteiger charge is 2.46. The SMILES string of the molecule is C[C@@H](C(=O)O)N1Cc2ccccc2C[C@@H](N2C(=O)c3ccccc3C2=O)C1=O. The molecule has 0 aromatic heterocycles. The van der Waals surface area contributed by atoms with Gasteiger partial charge in [-0.2, -0.15) is 0 Å². The quantitative estimate of drug-likeness (QED) is 0.821. The van der Waals surface area contributed by atoms with E-state index in [4.69, 9.17) is 0 Å². The van der Waals surface area contributed by atoms with Crippen LogP contribution in [-0.2, 0) is 22.6 Å². The van der Waals surface area contributed by atoms with Gasteiger partial charge in [-0.1, -0.05) is 36.4 Å². The number of amides is 3. The molecule has 3 amide bonds. The smallest absolute Gasteiger partial charge is 0.326 e. The lowest BCUT2D eigenvalue weighted by molar-refractivity contribution is -0.151. The van der Waals surface area contributed by atoms with E-state index in [-0.39, 0.29) is 24.1 Å². The normalized spacial score (nSPS) is 19.9. The first-order chi connectivity index (χ1) is 13.4. The molecule has 0 fully saturated rings. The minimum absolute atomic E-state index is 0.113. The van der Waals surface area contributed by atoms with Crippen molar-refractivity contribution in [3.63, 3.8) is 0 Å². The zero-order valence-electron chi connectivity index (χ0n) is 15.2. The van der Waals surface area contributed by atoms with Crippen LogP contribution in [0.1, 0.15) is 38.8 Å². The molecular formula is C21H18N2O5. The van der Waals surface area contributed by atoms with Gasteiger partial charge < -0.3 is 10.0 Å². The predicted molar refractivity (Wildman–Crippen MR) is 98.5 cm³/mol. The Labute approximate surface area is 161 Å². The lowest BCUT2D eigenvalue weighted by Crippen LogP contribution is -2.54. The molecule has 2 aromatic rings. The molecule has 142 valence electrons. The van der Waals surface area contributed by atoms with Gasteiger partial charge in [0.25, 0.3) is 11.8 Å². The molecule has 2 aliphatic rings. The largest absolute Gasteiger partial charge is 0.480 e. The van der Waals surface area contributed by atoms with Crippen LogP contribution in [0.3, 0.4) is 0 Å². The summed E-state index contributed by atoms with van der Waals surface area (Å²) in [6.07, 6.45) is 0.156. The maximum atomic E-state index is 13.3. The van der Waals surface area contributed by atoms with Crippen molar-refractivity contribution in [3.05, 3.63) is 70.8 Å². The summed E-state index contributed by atoms with van der Waals surface area (Å²) < 4.78 is 0. The van der Waals surface area contributed by atoms with Gasteiger partial charge in [0, 0.05) is 13.0 Å². The summed E-state index contributed by atoms with van der Waals surface area (Å²) in [5.41, 5.74) is 2.15. The van der Waals surface area contributed by atoms with Gasteiger partial charge in [-0.25, -0.2) is 4.79 Å². The fourth-order valence-electron chi connectivity index (χ4n) is 3.81. The first-order valence-corrected chi connectivity index (χ1v) is 8.97. The molecule has 7 nitrogen and oxygen atoms in total. The van der Waals surface area contributed by atoms with E-state index in [0.29, 0.717) is 0 Å². The van der Waals surface area contributed by atoms with Crippen LogP contribution >= 0.6 is 0 Å². The maximum absolute atomic E-state index is 13.3. The number of aliphatic carboxylic acids is 1. The third-order valence-corrected chi connectivity index (χ3v) is 5.40. The van der Waals surface area contributed by atoms with Crippen molar-refractivity contribution < 1.29 is 24.3 Å². The number of rotatable bonds is 3. The average Bonchev–Trinajstić information content (AvgIpc) is 2.85. The maximum Gasteiger partial charge on any atom is 0.326 e. The average molecular weight is 378 g/mol. The van der Waals surface area contributed by atoms with E-state index < -0.39 is 35.8 Å². The number of carbonyl (C=O) groups excluding carboxylic acids is 3. The molecule has 2 heterocycles. The van der Waals surface area contributed by atoms with Gasteiger partial charge in [0.1, 0.15) is 12.1 Å². The van der Waals surface area contributed by atoms with Gasteiger partial charge in [-0.15, -0.1) is 0 Å². The Hall–Kier alpha value is -3.48. The number of carboxylic acid groups (broad SMARTS) is 1. The van der Waals surface area contributed by atoms with Crippen molar-refractivity contribution in [1.82, 2.24) is 9.80 Å². The Morgan fingerprint density at radius 2 is 1.50 bits per heavy atom. The van der Waals surface area contributed by atoms with E-state index in [2.05, 4.69) is 0 Å². The molecule has 0 saturated carbocycles. The Morgan fingerprint density at radius 3 is 2.07 bits per heavy atom. The van der Waals surface area contributed by atoms with Crippen molar-refractivity contribution in [2.45, 2.75) is 32.0 Å². The van der Waals surface area contributed by atoms with Crippen LogP contribution < -0.4 is 0 Å². The van der Waals surface area contributed by atoms with Crippen molar-refractivity contribution in [2.24, 2.45) is 0 Å². The number of nitrogens with zero attached hydrogens (tertiary/aromatic N) is 2. The minimum Gasteiger partial charge on any atom is -0.480 e. The van der Waals surface area contributed by atoms with Gasteiger partial charge in [-0.05, 0) is 30.2 Å². The molecule has 0 aliphatic carbocycles. The lowest BCUT2D eigenvalue weighted by atomic mass is 10.0. The van der Waals surface area contributed by atoms with E-state index in [0.717, 1.165) is 16.0 Å². The number of fused-ring (bicyclic) bond motifs is 2. The van der Waals surface area contributed by atoms with E-state index in [1.165, 1.54) is 11.8 Å². The molecule has 1 N–H and O–H groups in total. The summed E-state index contributed by atoms with van der Waals surface area (Å²) in [6, 6.07) is 11.6. The van der Waals surface area contributed by atoms with E-state index in [1.807, 2.05) is 24.3 Å². The highest BCUT2D eigenvalue weighted by Crippen LogP contribution is 2.30. The third kappa shape index (κ3) is 2.67. The molecular weight excluding hydrogens is 360 g/mol. The zero-order chi connectivity index (χ0) is 20.0. The Bertz CT molecular complexity index is 980. The molecule has 2 atom stereocenters. The fraction of sp³-hybridized carbons (Fsp3) is 0.238. The molecule has 7 heteroatoms. The lowest BCUT2D eigenvalue weighted by Gasteiger charge is -2.31. The molecule has 0 unspecified atom stereocenters. The summed E-state index contributed by atoms with van der Waals surface area (Å²) in [6.45, 7) is 1.54. The number of carbonyl (C=O) groups is 4. The summed E-state index contributed by atoms with van der Waals surface area (Å²) in [5, 5.41) is 9.45. The van der Waals surface area contributed by atoms with Gasteiger partial charge in [0.15, 0.2) is 0 Å². The number of carboxylic acids is 1. The Morgan fingerprint density at radius 1 is 0.964 bits per heavy atom. The van der Waals surface area contributed by atoms with Crippen LogP contribution in [0.25, 0.3) is 0 Å². The molecule has 28 heavy (non-hydrogen) atoms. The summed E-state index contributed by atoms with van der Waals surface area (Å²) in [7, 11) is 0. The van der Waals surface area contributed by atoms with Crippen LogP contribution in [0.4, 0.5) is 0 Å². The number of benzene rings is 2. The standard InChI is InChI=1S/C21H18N2O5/c1-12(21(27)28)22-11-14-7-3-2-6-13(14)10-17(20(22)26)23-18(24)15-8-4-5-9-16(15)19(23)25/h2-9,12,17H,10-11H2,1H3,(H,27,28)/t12-,17+/m0/s1. The molecule has 2 aromatic carbocycles. The number of imide groups is 1. The molecule has 0 spiro atoms. The monoisotopic (exact) mass is 378 g/mol. The van der Waals surface area contributed by atoms with Crippen molar-refractivity contribution in [2.75, 3.05) is 0 Å². The van der Waals surface area contributed by atoms with Crippen LogP contribution in [0, 0.1) is 0 Å². The van der Waals surface area contributed by atoms with Gasteiger partial charge in [0.05, 0.1) is 11.1 Å². The highest BCUT2D eigenvalue weighted by atomic mass is 16.4. The van der Waals surface area contributed by atoms with Crippen LogP contribution in [0.5, 0.6) is 0 Å². The van der Waals surface area contributed by atoms with E-state index in [1.54, 1.807) is 24.3 Å². The van der Waals surface area contributed by atoms with Crippen LogP contribution in [0.2, 0.25) is 0 Å². The van der Waals surface area contributed by atoms with Crippen molar-refractivity contribution in [3.8, 4) is 0 Å². The summed E-state index contributed by atoms with van der Waals surface area (Å²) >= 11 is 0. The molecule has 0 bridgehead atoms. The fourth-order valence-corrected chi connectivity index (χ4v) is 3.81. The second-order valence-electron chi connectivity index (χ2n) is 6.99. The van der Waals surface area contributed by atoms with Gasteiger partial charge in [-0.3, -0.25) is 19.3 Å². The molecule has 4 rings (SSSR count). The second-order valence-corrected chi connectivity index (χ2v) is 6.99. The Kier molecular flexibility index (Phi) is 4.22. The second kappa shape index (κ2) is 6.60. The van der Waals surface area contributed by atoms with Gasteiger partial charge in [0.2, 0.25) is 5.91 Å². The van der Waals surface area contributed by atoms with Crippen molar-refractivity contribution >= 4 is 23.7 Å². The minimum atomic E-state index is -1.14. The molecule has 0 saturated heterocycles. The van der Waals surface area contributed by atoms with Crippen LogP contribution in [0.15, 0.2) is 48.5 Å². The first-order valence-electron chi connectivity index (χ1n) is 8.97. The van der Waals surface area contributed by atoms with Crippen LogP contribution in [-0.4, -0.2) is 50.7 Å². The number of hydrogen-bond acceptors (Lipinski definition) is 4.